The molecule has 0 spiro atoms. The van der Waals surface area contributed by atoms with Gasteiger partial charge < -0.3 is 5.73 Å². The van der Waals surface area contributed by atoms with E-state index in [1.54, 1.807) is 73.1 Å². The molecule has 0 aliphatic carbocycles. The van der Waals surface area contributed by atoms with E-state index in [4.69, 9.17) is 5.73 Å². The molecule has 0 fully saturated rings. The molecular formula is C25H20N4O3S. The third-order valence-corrected chi connectivity index (χ3v) is 6.45. The predicted molar refractivity (Wildman–Crippen MR) is 127 cm³/mol. The van der Waals surface area contributed by atoms with Crippen LogP contribution in [0.5, 0.6) is 0 Å². The molecule has 0 aliphatic rings. The van der Waals surface area contributed by atoms with Crippen LogP contribution in [0.2, 0.25) is 0 Å². The number of hydrogen-bond donors (Lipinski definition) is 1. The van der Waals surface area contributed by atoms with E-state index in [0.29, 0.717) is 39.2 Å². The van der Waals surface area contributed by atoms with Crippen molar-refractivity contribution in [2.45, 2.75) is 5.37 Å². The van der Waals surface area contributed by atoms with E-state index in [1.807, 2.05) is 12.1 Å². The Morgan fingerprint density at radius 2 is 1.76 bits per heavy atom. The van der Waals surface area contributed by atoms with Crippen LogP contribution < -0.4 is 11.3 Å². The van der Waals surface area contributed by atoms with E-state index >= 15 is 0 Å². The highest BCUT2D eigenvalue weighted by Crippen LogP contribution is 2.27. The first-order chi connectivity index (χ1) is 15.8. The zero-order valence-electron chi connectivity index (χ0n) is 17.7. The molecule has 4 aromatic rings. The van der Waals surface area contributed by atoms with E-state index in [1.165, 1.54) is 4.57 Å². The molecule has 4 rings (SSSR count). The van der Waals surface area contributed by atoms with Crippen LogP contribution in [0.25, 0.3) is 28.1 Å². The van der Waals surface area contributed by atoms with Crippen LogP contribution in [-0.2, 0) is 9.84 Å². The minimum atomic E-state index is -3.53. The zero-order chi connectivity index (χ0) is 23.6. The Labute approximate surface area is 191 Å². The number of pyridine rings is 2. The smallest absolute Gasteiger partial charge is 0.263 e. The fraction of sp³-hybridized carbons (Fsp3) is 0.0800. The van der Waals surface area contributed by atoms with Gasteiger partial charge in [0.1, 0.15) is 5.37 Å². The molecule has 1 unspecified atom stereocenters. The average Bonchev–Trinajstić information content (AvgIpc) is 2.83. The van der Waals surface area contributed by atoms with Crippen molar-refractivity contribution in [3.8, 4) is 34.1 Å². The van der Waals surface area contributed by atoms with Gasteiger partial charge in [-0.15, -0.1) is 0 Å². The number of rotatable bonds is 5. The lowest BCUT2D eigenvalue weighted by atomic mass is 9.99. The van der Waals surface area contributed by atoms with Gasteiger partial charge in [-0.2, -0.15) is 5.26 Å². The summed E-state index contributed by atoms with van der Waals surface area (Å²) in [6.07, 6.45) is 4.36. The summed E-state index contributed by atoms with van der Waals surface area (Å²) in [7, 11) is -3.53. The lowest BCUT2D eigenvalue weighted by Gasteiger charge is -2.15. The van der Waals surface area contributed by atoms with Crippen molar-refractivity contribution in [2.24, 2.45) is 5.73 Å². The Bertz CT molecular complexity index is 1540. The van der Waals surface area contributed by atoms with Gasteiger partial charge in [0.25, 0.3) is 5.56 Å². The Morgan fingerprint density at radius 3 is 2.45 bits per heavy atom. The van der Waals surface area contributed by atoms with E-state index in [-0.39, 0.29) is 5.56 Å². The molecule has 0 amide bonds. The maximum atomic E-state index is 13.6. The predicted octanol–water partition coefficient (Wildman–Crippen LogP) is 3.44. The molecule has 1 atom stereocenters. The summed E-state index contributed by atoms with van der Waals surface area (Å²) in [6.45, 7) is 0. The lowest BCUT2D eigenvalue weighted by molar-refractivity contribution is 0.590. The second kappa shape index (κ2) is 8.82. The summed E-state index contributed by atoms with van der Waals surface area (Å²) < 4.78 is 25.3. The van der Waals surface area contributed by atoms with Crippen molar-refractivity contribution in [3.05, 3.63) is 107 Å². The Kier molecular flexibility index (Phi) is 5.92. The van der Waals surface area contributed by atoms with Gasteiger partial charge in [0.05, 0.1) is 17.3 Å². The first-order valence-corrected chi connectivity index (χ1v) is 12.0. The first-order valence-electron chi connectivity index (χ1n) is 10.0. The maximum absolute atomic E-state index is 13.6. The van der Waals surface area contributed by atoms with Crippen LogP contribution in [0.1, 0.15) is 16.5 Å². The molecule has 2 N–H and O–H groups in total. The van der Waals surface area contributed by atoms with E-state index < -0.39 is 15.2 Å². The monoisotopic (exact) mass is 456 g/mol. The molecule has 164 valence electrons. The minimum absolute atomic E-state index is 0.327. The first kappa shape index (κ1) is 22.1. The molecule has 2 aromatic heterocycles. The van der Waals surface area contributed by atoms with Gasteiger partial charge in [-0.3, -0.25) is 14.3 Å². The topological polar surface area (TPSA) is 119 Å². The third kappa shape index (κ3) is 4.46. The number of nitrogens with two attached hydrogens (primary N) is 1. The number of nitriles is 1. The highest BCUT2D eigenvalue weighted by Gasteiger charge is 2.19. The van der Waals surface area contributed by atoms with Crippen molar-refractivity contribution < 1.29 is 8.42 Å². The fourth-order valence-corrected chi connectivity index (χ4v) is 4.20. The van der Waals surface area contributed by atoms with E-state index in [9.17, 15) is 18.5 Å². The van der Waals surface area contributed by atoms with Crippen LogP contribution >= 0.6 is 0 Å². The summed E-state index contributed by atoms with van der Waals surface area (Å²) in [5.74, 6) is 0. The van der Waals surface area contributed by atoms with Gasteiger partial charge in [-0.25, -0.2) is 8.42 Å². The summed E-state index contributed by atoms with van der Waals surface area (Å²) in [6, 6.07) is 22.7. The quantitative estimate of drug-likeness (QED) is 0.491. The Balaban J connectivity index is 2.00. The molecule has 0 aliphatic heterocycles. The van der Waals surface area contributed by atoms with Crippen molar-refractivity contribution >= 4 is 9.84 Å². The number of sulfone groups is 1. The number of nitrogens with zero attached hydrogens (tertiary/aromatic N) is 3. The Hall–Kier alpha value is -4.06. The molecule has 2 aromatic carbocycles. The van der Waals surface area contributed by atoms with Crippen LogP contribution in [0.3, 0.4) is 0 Å². The second-order valence-corrected chi connectivity index (χ2v) is 9.70. The third-order valence-electron chi connectivity index (χ3n) is 5.25. The normalized spacial score (nSPS) is 12.2. The summed E-state index contributed by atoms with van der Waals surface area (Å²) in [4.78, 5) is 18.0. The molecule has 2 heterocycles. The van der Waals surface area contributed by atoms with Crippen LogP contribution in [0, 0.1) is 11.3 Å². The zero-order valence-corrected chi connectivity index (χ0v) is 18.5. The van der Waals surface area contributed by atoms with Crippen molar-refractivity contribution in [1.29, 1.82) is 5.26 Å². The van der Waals surface area contributed by atoms with Gasteiger partial charge in [-0.1, -0.05) is 36.4 Å². The van der Waals surface area contributed by atoms with Crippen molar-refractivity contribution in [2.75, 3.05) is 6.26 Å². The van der Waals surface area contributed by atoms with Crippen LogP contribution in [0.15, 0.2) is 90.0 Å². The standard InChI is InChI=1S/C25H20N4O3S/c1-33(31,32)24(27)17-8-6-9-20(13-17)29-16-19(23-11-4-5-12-28-23)14-22(25(29)30)21-10-3-2-7-18(21)15-26/h2-14,16,24H,27H2,1H3. The van der Waals surface area contributed by atoms with Crippen molar-refractivity contribution in [3.63, 3.8) is 0 Å². The van der Waals surface area contributed by atoms with Gasteiger partial charge in [0.15, 0.2) is 9.84 Å². The largest absolute Gasteiger partial charge is 0.311 e. The van der Waals surface area contributed by atoms with Gasteiger partial charge in [0.2, 0.25) is 0 Å². The molecule has 0 saturated carbocycles. The van der Waals surface area contributed by atoms with Crippen molar-refractivity contribution in [1.82, 2.24) is 9.55 Å². The fourth-order valence-electron chi connectivity index (χ4n) is 3.55. The highest BCUT2D eigenvalue weighted by molar-refractivity contribution is 7.90. The van der Waals surface area contributed by atoms with E-state index in [2.05, 4.69) is 11.1 Å². The number of benzene rings is 2. The maximum Gasteiger partial charge on any atom is 0.263 e. The van der Waals surface area contributed by atoms with Gasteiger partial charge >= 0.3 is 0 Å². The molecule has 33 heavy (non-hydrogen) atoms. The summed E-state index contributed by atoms with van der Waals surface area (Å²) in [5.41, 5.74) is 8.87. The molecule has 0 bridgehead atoms. The SMILES string of the molecule is CS(=O)(=O)C(N)c1cccc(-n2cc(-c3ccccn3)cc(-c3ccccc3C#N)c2=O)c1. The van der Waals surface area contributed by atoms with E-state index in [0.717, 1.165) is 6.26 Å². The second-order valence-electron chi connectivity index (χ2n) is 7.54. The van der Waals surface area contributed by atoms with Gasteiger partial charge in [0, 0.05) is 41.0 Å². The Morgan fingerprint density at radius 1 is 1.00 bits per heavy atom. The van der Waals surface area contributed by atoms with Gasteiger partial charge in [-0.05, 0) is 42.0 Å². The molecule has 0 saturated heterocycles. The van der Waals surface area contributed by atoms with Crippen LogP contribution in [0.4, 0.5) is 0 Å². The highest BCUT2D eigenvalue weighted by atomic mass is 32.2. The molecular weight excluding hydrogens is 436 g/mol. The summed E-state index contributed by atoms with van der Waals surface area (Å²) in [5, 5.41) is 8.36. The lowest BCUT2D eigenvalue weighted by Crippen LogP contribution is -2.23. The van der Waals surface area contributed by atoms with Crippen LogP contribution in [-0.4, -0.2) is 24.2 Å². The molecule has 0 radical (unpaired) electrons. The number of hydrogen-bond acceptors (Lipinski definition) is 6. The number of aromatic nitrogens is 2. The molecule has 8 heteroatoms. The minimum Gasteiger partial charge on any atom is -0.311 e. The average molecular weight is 457 g/mol. The summed E-state index contributed by atoms with van der Waals surface area (Å²) >= 11 is 0. The molecule has 7 nitrogen and oxygen atoms in total.